The van der Waals surface area contributed by atoms with E-state index in [2.05, 4.69) is 6.92 Å². The van der Waals surface area contributed by atoms with Crippen LogP contribution in [-0.2, 0) is 4.74 Å². The van der Waals surface area contributed by atoms with Gasteiger partial charge in [0.05, 0.1) is 18.3 Å². The Labute approximate surface area is 151 Å². The molecule has 0 bridgehead atoms. The smallest absolute Gasteiger partial charge is 0.335 e. The quantitative estimate of drug-likeness (QED) is 0.551. The lowest BCUT2D eigenvalue weighted by molar-refractivity contribution is 0.0111. The first-order valence-corrected chi connectivity index (χ1v) is 9.76. The van der Waals surface area contributed by atoms with E-state index in [1.165, 1.54) is 32.1 Å². The molecule has 1 saturated carbocycles. The SMILES string of the molecule is CCCCCCCOC1CCC(COc2ccc(C(=O)O)cc2)CC1. The van der Waals surface area contributed by atoms with Gasteiger partial charge in [0.1, 0.15) is 5.75 Å². The van der Waals surface area contributed by atoms with Gasteiger partial charge in [-0.05, 0) is 62.3 Å². The van der Waals surface area contributed by atoms with Crippen LogP contribution in [0.4, 0.5) is 0 Å². The van der Waals surface area contributed by atoms with Crippen molar-refractivity contribution in [2.75, 3.05) is 13.2 Å². The number of unbranched alkanes of at least 4 members (excludes halogenated alkanes) is 4. The molecule has 0 unspecified atom stereocenters. The van der Waals surface area contributed by atoms with Crippen molar-refractivity contribution in [2.45, 2.75) is 70.8 Å². The average molecular weight is 348 g/mol. The zero-order chi connectivity index (χ0) is 17.9. The van der Waals surface area contributed by atoms with Crippen LogP contribution in [-0.4, -0.2) is 30.4 Å². The van der Waals surface area contributed by atoms with Gasteiger partial charge >= 0.3 is 5.97 Å². The fourth-order valence-electron chi connectivity index (χ4n) is 3.33. The minimum Gasteiger partial charge on any atom is -0.493 e. The molecule has 1 aliphatic carbocycles. The van der Waals surface area contributed by atoms with E-state index in [4.69, 9.17) is 14.6 Å². The molecule has 0 atom stereocenters. The number of carboxylic acid groups (broad SMARTS) is 1. The third-order valence-corrected chi connectivity index (χ3v) is 4.98. The van der Waals surface area contributed by atoms with Crippen molar-refractivity contribution in [1.82, 2.24) is 0 Å². The number of benzene rings is 1. The van der Waals surface area contributed by atoms with Crippen molar-refractivity contribution < 1.29 is 19.4 Å². The molecule has 2 rings (SSSR count). The summed E-state index contributed by atoms with van der Waals surface area (Å²) < 4.78 is 11.8. The highest BCUT2D eigenvalue weighted by atomic mass is 16.5. The predicted molar refractivity (Wildman–Crippen MR) is 99.4 cm³/mol. The summed E-state index contributed by atoms with van der Waals surface area (Å²) in [6.07, 6.45) is 11.4. The van der Waals surface area contributed by atoms with Crippen molar-refractivity contribution in [1.29, 1.82) is 0 Å². The molecule has 4 heteroatoms. The second-order valence-electron chi connectivity index (χ2n) is 7.07. The van der Waals surface area contributed by atoms with Crippen molar-refractivity contribution >= 4 is 5.97 Å². The molecule has 0 aliphatic heterocycles. The largest absolute Gasteiger partial charge is 0.493 e. The predicted octanol–water partition coefficient (Wildman–Crippen LogP) is 5.31. The topological polar surface area (TPSA) is 55.8 Å². The van der Waals surface area contributed by atoms with Gasteiger partial charge in [-0.3, -0.25) is 0 Å². The van der Waals surface area contributed by atoms with Gasteiger partial charge in [-0.15, -0.1) is 0 Å². The molecular weight excluding hydrogens is 316 g/mol. The Kier molecular flexibility index (Phi) is 8.81. The van der Waals surface area contributed by atoms with Crippen LogP contribution in [0.25, 0.3) is 0 Å². The summed E-state index contributed by atoms with van der Waals surface area (Å²) in [7, 11) is 0. The molecule has 0 aromatic heterocycles. The van der Waals surface area contributed by atoms with Crippen LogP contribution >= 0.6 is 0 Å². The first kappa shape index (κ1) is 19.8. The average Bonchev–Trinajstić information content (AvgIpc) is 2.64. The molecule has 0 amide bonds. The monoisotopic (exact) mass is 348 g/mol. The number of hydrogen-bond donors (Lipinski definition) is 1. The van der Waals surface area contributed by atoms with Gasteiger partial charge in [-0.1, -0.05) is 32.6 Å². The van der Waals surface area contributed by atoms with Crippen LogP contribution < -0.4 is 4.74 Å². The Balaban J connectivity index is 1.56. The molecule has 0 saturated heterocycles. The number of carbonyl (C=O) groups is 1. The third kappa shape index (κ3) is 7.47. The molecule has 1 aliphatic rings. The molecule has 0 heterocycles. The fourth-order valence-corrected chi connectivity index (χ4v) is 3.33. The van der Waals surface area contributed by atoms with Gasteiger partial charge in [0.2, 0.25) is 0 Å². The minimum atomic E-state index is -0.907. The van der Waals surface area contributed by atoms with E-state index in [0.717, 1.165) is 38.0 Å². The van der Waals surface area contributed by atoms with Crippen molar-refractivity contribution in [3.63, 3.8) is 0 Å². The van der Waals surface area contributed by atoms with Gasteiger partial charge in [0, 0.05) is 6.61 Å². The summed E-state index contributed by atoms with van der Waals surface area (Å²) in [4.78, 5) is 10.8. The van der Waals surface area contributed by atoms with Crippen LogP contribution in [0.15, 0.2) is 24.3 Å². The molecular formula is C21H32O4. The van der Waals surface area contributed by atoms with Gasteiger partial charge in [0.25, 0.3) is 0 Å². The first-order valence-electron chi connectivity index (χ1n) is 9.76. The summed E-state index contributed by atoms with van der Waals surface area (Å²) in [5.74, 6) is 0.411. The normalized spacial score (nSPS) is 20.4. The summed E-state index contributed by atoms with van der Waals surface area (Å²) in [5, 5.41) is 8.90. The second-order valence-corrected chi connectivity index (χ2v) is 7.07. The fraction of sp³-hybridized carbons (Fsp3) is 0.667. The number of aromatic carboxylic acids is 1. The van der Waals surface area contributed by atoms with E-state index >= 15 is 0 Å². The molecule has 1 N–H and O–H groups in total. The van der Waals surface area contributed by atoms with E-state index in [-0.39, 0.29) is 0 Å². The van der Waals surface area contributed by atoms with Crippen LogP contribution in [0.5, 0.6) is 5.75 Å². The highest BCUT2D eigenvalue weighted by Gasteiger charge is 2.22. The van der Waals surface area contributed by atoms with Crippen LogP contribution in [0, 0.1) is 5.92 Å². The maximum atomic E-state index is 10.8. The van der Waals surface area contributed by atoms with E-state index in [0.29, 0.717) is 24.2 Å². The van der Waals surface area contributed by atoms with Gasteiger partial charge in [-0.2, -0.15) is 0 Å². The van der Waals surface area contributed by atoms with E-state index in [9.17, 15) is 4.79 Å². The lowest BCUT2D eigenvalue weighted by Crippen LogP contribution is -2.25. The number of hydrogen-bond acceptors (Lipinski definition) is 3. The Morgan fingerprint density at radius 3 is 2.36 bits per heavy atom. The molecule has 0 spiro atoms. The van der Waals surface area contributed by atoms with Gasteiger partial charge in [-0.25, -0.2) is 4.79 Å². The highest BCUT2D eigenvalue weighted by Crippen LogP contribution is 2.27. The van der Waals surface area contributed by atoms with Crippen LogP contribution in [0.3, 0.4) is 0 Å². The Morgan fingerprint density at radius 1 is 1.04 bits per heavy atom. The van der Waals surface area contributed by atoms with Crippen LogP contribution in [0.1, 0.15) is 75.1 Å². The van der Waals surface area contributed by atoms with Crippen molar-refractivity contribution in [3.05, 3.63) is 29.8 Å². The van der Waals surface area contributed by atoms with Gasteiger partial charge < -0.3 is 14.6 Å². The minimum absolute atomic E-state index is 0.291. The van der Waals surface area contributed by atoms with Crippen LogP contribution in [0.2, 0.25) is 0 Å². The van der Waals surface area contributed by atoms with E-state index in [1.807, 2.05) is 0 Å². The molecule has 140 valence electrons. The lowest BCUT2D eigenvalue weighted by atomic mass is 9.88. The zero-order valence-electron chi connectivity index (χ0n) is 15.4. The molecule has 25 heavy (non-hydrogen) atoms. The highest BCUT2D eigenvalue weighted by molar-refractivity contribution is 5.87. The first-order chi connectivity index (χ1) is 12.2. The molecule has 4 nitrogen and oxygen atoms in total. The second kappa shape index (κ2) is 11.1. The Morgan fingerprint density at radius 2 is 1.72 bits per heavy atom. The maximum absolute atomic E-state index is 10.8. The Bertz CT molecular complexity index is 489. The van der Waals surface area contributed by atoms with Crippen molar-refractivity contribution in [2.24, 2.45) is 5.92 Å². The van der Waals surface area contributed by atoms with E-state index in [1.54, 1.807) is 24.3 Å². The number of carboxylic acids is 1. The third-order valence-electron chi connectivity index (χ3n) is 4.98. The molecule has 0 radical (unpaired) electrons. The van der Waals surface area contributed by atoms with Crippen molar-refractivity contribution in [3.8, 4) is 5.75 Å². The standard InChI is InChI=1S/C21H32O4/c1-2-3-4-5-6-15-24-19-11-7-17(8-12-19)16-25-20-13-9-18(10-14-20)21(22)23/h9-10,13-14,17,19H,2-8,11-12,15-16H2,1H3,(H,22,23). The number of rotatable bonds is 11. The Hall–Kier alpha value is -1.55. The number of ether oxygens (including phenoxy) is 2. The summed E-state index contributed by atoms with van der Waals surface area (Å²) in [6, 6.07) is 6.64. The summed E-state index contributed by atoms with van der Waals surface area (Å²) >= 11 is 0. The summed E-state index contributed by atoms with van der Waals surface area (Å²) in [6.45, 7) is 3.85. The lowest BCUT2D eigenvalue weighted by Gasteiger charge is -2.28. The molecule has 1 aromatic carbocycles. The summed E-state index contributed by atoms with van der Waals surface area (Å²) in [5.41, 5.74) is 0.291. The molecule has 1 aromatic rings. The van der Waals surface area contributed by atoms with E-state index < -0.39 is 5.97 Å². The zero-order valence-corrected chi connectivity index (χ0v) is 15.4. The molecule has 1 fully saturated rings. The van der Waals surface area contributed by atoms with Gasteiger partial charge in [0.15, 0.2) is 0 Å². The maximum Gasteiger partial charge on any atom is 0.335 e.